The predicted octanol–water partition coefficient (Wildman–Crippen LogP) is 6.67. The average Bonchev–Trinajstić information content (AvgIpc) is 3.24. The highest BCUT2D eigenvalue weighted by Gasteiger charge is 2.19. The minimum atomic E-state index is -0.368. The second kappa shape index (κ2) is 10.1. The van der Waals surface area contributed by atoms with E-state index in [1.165, 1.54) is 9.13 Å². The van der Waals surface area contributed by atoms with E-state index in [2.05, 4.69) is 69.8 Å². The van der Waals surface area contributed by atoms with Crippen LogP contribution in [0.3, 0.4) is 0 Å². The molecule has 0 fully saturated rings. The fraction of sp³-hybridized carbons (Fsp3) is 0.185. The molecule has 0 unspecified atom stereocenters. The third-order valence-corrected chi connectivity index (χ3v) is 6.42. The van der Waals surface area contributed by atoms with Crippen LogP contribution in [0.4, 0.5) is 4.79 Å². The smallest absolute Gasteiger partial charge is 0.410 e. The highest BCUT2D eigenvalue weighted by molar-refractivity contribution is 14.1. The van der Waals surface area contributed by atoms with Gasteiger partial charge in [-0.3, -0.25) is 0 Å². The monoisotopic (exact) mass is 549 g/mol. The Labute approximate surface area is 207 Å². The van der Waals surface area contributed by atoms with Crippen molar-refractivity contribution in [3.63, 3.8) is 0 Å². The van der Waals surface area contributed by atoms with E-state index in [9.17, 15) is 10.1 Å². The summed E-state index contributed by atoms with van der Waals surface area (Å²) in [7, 11) is 0. The lowest BCUT2D eigenvalue weighted by atomic mass is 9.99. The molecule has 4 rings (SSSR count). The van der Waals surface area contributed by atoms with Gasteiger partial charge in [0.25, 0.3) is 0 Å². The minimum Gasteiger partial charge on any atom is -0.410 e. The zero-order valence-corrected chi connectivity index (χ0v) is 20.7. The van der Waals surface area contributed by atoms with Gasteiger partial charge in [0.1, 0.15) is 5.75 Å². The third-order valence-electron chi connectivity index (χ3n) is 5.70. The van der Waals surface area contributed by atoms with Crippen molar-refractivity contribution in [3.05, 3.63) is 87.6 Å². The van der Waals surface area contributed by atoms with E-state index in [0.717, 1.165) is 28.6 Å². The quantitative estimate of drug-likeness (QED) is 0.253. The molecule has 0 saturated heterocycles. The summed E-state index contributed by atoms with van der Waals surface area (Å²) in [5.74, 6) is 0.510. The molecule has 0 N–H and O–H groups in total. The van der Waals surface area contributed by atoms with Crippen LogP contribution < -0.4 is 4.74 Å². The van der Waals surface area contributed by atoms with Crippen molar-refractivity contribution in [1.82, 2.24) is 9.47 Å². The van der Waals surface area contributed by atoms with E-state index in [-0.39, 0.29) is 6.09 Å². The normalized spacial score (nSPS) is 10.7. The Balaban J connectivity index is 1.80. The van der Waals surface area contributed by atoms with Crippen molar-refractivity contribution in [2.45, 2.75) is 20.4 Å². The molecule has 3 aromatic carbocycles. The van der Waals surface area contributed by atoms with E-state index in [0.29, 0.717) is 24.4 Å². The Morgan fingerprint density at radius 1 is 1.00 bits per heavy atom. The molecule has 0 bridgehead atoms. The van der Waals surface area contributed by atoms with Crippen LogP contribution >= 0.6 is 22.6 Å². The number of aromatic nitrogens is 1. The molecule has 0 atom stereocenters. The molecule has 0 radical (unpaired) electrons. The van der Waals surface area contributed by atoms with Crippen molar-refractivity contribution >= 4 is 39.6 Å². The van der Waals surface area contributed by atoms with Gasteiger partial charge in [0.2, 0.25) is 0 Å². The maximum atomic E-state index is 12.7. The second-order valence-electron chi connectivity index (χ2n) is 7.67. The SMILES string of the molecule is CCN(CC)C(=O)Oc1ccc2c(ccn2Cc2ccc(I)cc2)c1-c1ccc(C#N)cc1. The lowest BCUT2D eigenvalue weighted by Gasteiger charge is -2.20. The fourth-order valence-corrected chi connectivity index (χ4v) is 4.27. The van der Waals surface area contributed by atoms with Gasteiger partial charge >= 0.3 is 6.09 Å². The van der Waals surface area contributed by atoms with Crippen LogP contribution in [0.2, 0.25) is 0 Å². The summed E-state index contributed by atoms with van der Waals surface area (Å²) < 4.78 is 9.26. The standard InChI is InChI=1S/C27H24IN3O2/c1-3-30(4-2)27(32)33-25-14-13-24-23(26(25)21-9-5-19(17-29)6-10-21)15-16-31(24)18-20-7-11-22(28)12-8-20/h5-16H,3-4,18H2,1-2H3. The second-order valence-corrected chi connectivity index (χ2v) is 8.92. The maximum absolute atomic E-state index is 12.7. The van der Waals surface area contributed by atoms with Crippen LogP contribution in [0, 0.1) is 14.9 Å². The van der Waals surface area contributed by atoms with Crippen LogP contribution in [0.5, 0.6) is 5.75 Å². The van der Waals surface area contributed by atoms with Crippen molar-refractivity contribution in [2.75, 3.05) is 13.1 Å². The number of carbonyl (C=O) groups is 1. The molecule has 0 aliphatic carbocycles. The van der Waals surface area contributed by atoms with Crippen molar-refractivity contribution in [3.8, 4) is 22.9 Å². The van der Waals surface area contributed by atoms with Crippen molar-refractivity contribution in [2.24, 2.45) is 0 Å². The van der Waals surface area contributed by atoms with Gasteiger partial charge in [-0.15, -0.1) is 0 Å². The first-order chi connectivity index (χ1) is 16.0. The third kappa shape index (κ3) is 4.88. The van der Waals surface area contributed by atoms with Gasteiger partial charge in [-0.05, 0) is 90.0 Å². The molecule has 0 aliphatic rings. The molecule has 1 amide bonds. The highest BCUT2D eigenvalue weighted by Crippen LogP contribution is 2.38. The van der Waals surface area contributed by atoms with E-state index >= 15 is 0 Å². The molecule has 0 aliphatic heterocycles. The summed E-state index contributed by atoms with van der Waals surface area (Å²) in [4.78, 5) is 14.4. The Morgan fingerprint density at radius 3 is 2.33 bits per heavy atom. The van der Waals surface area contributed by atoms with E-state index in [1.54, 1.807) is 17.0 Å². The average molecular weight is 549 g/mol. The van der Waals surface area contributed by atoms with E-state index in [1.807, 2.05) is 38.1 Å². The molecule has 6 heteroatoms. The number of hydrogen-bond donors (Lipinski definition) is 0. The molecule has 5 nitrogen and oxygen atoms in total. The number of halogens is 1. The molecule has 33 heavy (non-hydrogen) atoms. The molecule has 4 aromatic rings. The molecule has 166 valence electrons. The van der Waals surface area contributed by atoms with E-state index in [4.69, 9.17) is 4.74 Å². The van der Waals surface area contributed by atoms with Gasteiger partial charge < -0.3 is 14.2 Å². The zero-order chi connectivity index (χ0) is 23.4. The fourth-order valence-electron chi connectivity index (χ4n) is 3.91. The van der Waals surface area contributed by atoms with Crippen LogP contribution in [-0.4, -0.2) is 28.6 Å². The Kier molecular flexibility index (Phi) is 6.99. The largest absolute Gasteiger partial charge is 0.415 e. The number of fused-ring (bicyclic) bond motifs is 1. The number of nitriles is 1. The topological polar surface area (TPSA) is 58.3 Å². The van der Waals surface area contributed by atoms with Gasteiger partial charge in [-0.1, -0.05) is 24.3 Å². The molecule has 0 spiro atoms. The number of ether oxygens (including phenoxy) is 1. The Bertz CT molecular complexity index is 1310. The number of nitrogens with zero attached hydrogens (tertiary/aromatic N) is 3. The van der Waals surface area contributed by atoms with E-state index < -0.39 is 0 Å². The van der Waals surface area contributed by atoms with Gasteiger partial charge in [-0.25, -0.2) is 4.79 Å². The van der Waals surface area contributed by atoms with Gasteiger partial charge in [0.15, 0.2) is 0 Å². The lowest BCUT2D eigenvalue weighted by Crippen LogP contribution is -2.33. The van der Waals surface area contributed by atoms with Gasteiger partial charge in [-0.2, -0.15) is 5.26 Å². The lowest BCUT2D eigenvalue weighted by molar-refractivity contribution is 0.157. The predicted molar refractivity (Wildman–Crippen MR) is 139 cm³/mol. The number of carbonyl (C=O) groups excluding carboxylic acids is 1. The summed E-state index contributed by atoms with van der Waals surface area (Å²) in [6, 6.07) is 23.9. The highest BCUT2D eigenvalue weighted by atomic mass is 127. The molecule has 0 saturated carbocycles. The minimum absolute atomic E-state index is 0.368. The van der Waals surface area contributed by atoms with Crippen LogP contribution in [-0.2, 0) is 6.54 Å². The van der Waals surface area contributed by atoms with Gasteiger partial charge in [0.05, 0.1) is 11.6 Å². The maximum Gasteiger partial charge on any atom is 0.415 e. The number of hydrogen-bond acceptors (Lipinski definition) is 3. The zero-order valence-electron chi connectivity index (χ0n) is 18.6. The molecular formula is C27H24IN3O2. The number of amides is 1. The van der Waals surface area contributed by atoms with Crippen LogP contribution in [0.15, 0.2) is 72.9 Å². The summed E-state index contributed by atoms with van der Waals surface area (Å²) in [5, 5.41) is 10.2. The number of benzene rings is 3. The molecule has 1 aromatic heterocycles. The molecule has 1 heterocycles. The van der Waals surface area contributed by atoms with Crippen LogP contribution in [0.1, 0.15) is 25.0 Å². The van der Waals surface area contributed by atoms with Crippen LogP contribution in [0.25, 0.3) is 22.0 Å². The molecular weight excluding hydrogens is 525 g/mol. The summed E-state index contributed by atoms with van der Waals surface area (Å²) >= 11 is 2.31. The Morgan fingerprint density at radius 2 is 1.70 bits per heavy atom. The van der Waals surface area contributed by atoms with Gasteiger partial charge in [0, 0.05) is 45.9 Å². The Hall–Kier alpha value is -3.31. The summed E-state index contributed by atoms with van der Waals surface area (Å²) in [6.07, 6.45) is 1.69. The summed E-state index contributed by atoms with van der Waals surface area (Å²) in [5.41, 5.74) is 4.59. The first-order valence-corrected chi connectivity index (χ1v) is 12.0. The first kappa shape index (κ1) is 22.9. The van der Waals surface area contributed by atoms with Crippen molar-refractivity contribution in [1.29, 1.82) is 5.26 Å². The number of rotatable bonds is 6. The first-order valence-electron chi connectivity index (χ1n) is 10.9. The summed E-state index contributed by atoms with van der Waals surface area (Å²) in [6.45, 7) is 5.76. The van der Waals surface area contributed by atoms with Crippen molar-refractivity contribution < 1.29 is 9.53 Å².